The van der Waals surface area contributed by atoms with Crippen molar-refractivity contribution < 1.29 is 4.74 Å². The van der Waals surface area contributed by atoms with E-state index in [2.05, 4.69) is 45.6 Å². The Bertz CT molecular complexity index is 1570. The van der Waals surface area contributed by atoms with E-state index in [0.29, 0.717) is 18.5 Å². The zero-order valence-corrected chi connectivity index (χ0v) is 20.3. The van der Waals surface area contributed by atoms with Crippen LogP contribution < -0.4 is 15.6 Å². The van der Waals surface area contributed by atoms with Crippen LogP contribution in [-0.2, 0) is 25.9 Å². The first-order valence-electron chi connectivity index (χ1n) is 11.9. The molecule has 0 saturated heterocycles. The summed E-state index contributed by atoms with van der Waals surface area (Å²) < 4.78 is 6.89. The number of nitrogens with zero attached hydrogens (tertiary/aromatic N) is 3. The first kappa shape index (κ1) is 21.9. The summed E-state index contributed by atoms with van der Waals surface area (Å²) in [5.41, 5.74) is 3.50. The molecule has 5 aromatic rings. The average Bonchev–Trinajstić information content (AvgIpc) is 3.28. The molecule has 6 nitrogen and oxygen atoms in total. The summed E-state index contributed by atoms with van der Waals surface area (Å²) in [5.74, 6) is 0.625. The lowest BCUT2D eigenvalue weighted by atomic mass is 9.93. The van der Waals surface area contributed by atoms with Crippen molar-refractivity contribution in [1.29, 1.82) is 0 Å². The molecule has 1 aliphatic carbocycles. The minimum absolute atomic E-state index is 0.0661. The highest BCUT2D eigenvalue weighted by Gasteiger charge is 2.25. The molecule has 0 fully saturated rings. The summed E-state index contributed by atoms with van der Waals surface area (Å²) in [6.07, 6.45) is 6.37. The van der Waals surface area contributed by atoms with Crippen LogP contribution in [0.15, 0.2) is 71.9 Å². The molecule has 1 aliphatic rings. The number of aryl methyl sites for hydroxylation is 1. The third-order valence-electron chi connectivity index (χ3n) is 6.80. The molecule has 0 saturated carbocycles. The van der Waals surface area contributed by atoms with Crippen molar-refractivity contribution in [3.05, 3.63) is 99.0 Å². The van der Waals surface area contributed by atoms with Crippen LogP contribution in [0.1, 0.15) is 28.0 Å². The Balaban J connectivity index is 1.21. The molecule has 1 N–H and O–H groups in total. The van der Waals surface area contributed by atoms with Gasteiger partial charge >= 0.3 is 0 Å². The summed E-state index contributed by atoms with van der Waals surface area (Å²) in [5, 5.41) is 6.86. The van der Waals surface area contributed by atoms with E-state index in [-0.39, 0.29) is 5.56 Å². The quantitative estimate of drug-likeness (QED) is 0.380. The number of aromatic nitrogens is 3. The van der Waals surface area contributed by atoms with Gasteiger partial charge in [-0.15, -0.1) is 11.3 Å². The number of thiophene rings is 1. The highest BCUT2D eigenvalue weighted by atomic mass is 32.1. The minimum Gasteiger partial charge on any atom is -0.481 e. The summed E-state index contributed by atoms with van der Waals surface area (Å²) >= 11 is 1.67. The summed E-state index contributed by atoms with van der Waals surface area (Å²) in [7, 11) is 1.62. The van der Waals surface area contributed by atoms with Crippen molar-refractivity contribution >= 4 is 32.3 Å². The summed E-state index contributed by atoms with van der Waals surface area (Å²) in [6.45, 7) is 1.29. The fraction of sp³-hybridized carbons (Fsp3) is 0.250. The lowest BCUT2D eigenvalue weighted by Gasteiger charge is -2.23. The van der Waals surface area contributed by atoms with E-state index < -0.39 is 0 Å². The van der Waals surface area contributed by atoms with Crippen LogP contribution in [0.25, 0.3) is 21.0 Å². The molecule has 3 aromatic heterocycles. The van der Waals surface area contributed by atoms with Gasteiger partial charge in [0.25, 0.3) is 5.56 Å². The van der Waals surface area contributed by atoms with Gasteiger partial charge in [0.1, 0.15) is 4.83 Å². The highest BCUT2D eigenvalue weighted by Crippen LogP contribution is 2.33. The zero-order chi connectivity index (χ0) is 23.8. The molecule has 35 heavy (non-hydrogen) atoms. The van der Waals surface area contributed by atoms with Gasteiger partial charge in [-0.25, -0.2) is 9.97 Å². The first-order chi connectivity index (χ1) is 17.2. The van der Waals surface area contributed by atoms with Crippen LogP contribution in [0.2, 0.25) is 0 Å². The van der Waals surface area contributed by atoms with Crippen molar-refractivity contribution in [3.63, 3.8) is 0 Å². The number of benzene rings is 2. The van der Waals surface area contributed by atoms with Crippen molar-refractivity contribution in [3.8, 4) is 5.88 Å². The van der Waals surface area contributed by atoms with E-state index in [4.69, 9.17) is 4.74 Å². The molecule has 2 aromatic carbocycles. The van der Waals surface area contributed by atoms with Gasteiger partial charge in [0.05, 0.1) is 25.4 Å². The van der Waals surface area contributed by atoms with Crippen LogP contribution in [0.5, 0.6) is 5.88 Å². The average molecular weight is 483 g/mol. The summed E-state index contributed by atoms with van der Waals surface area (Å²) in [6, 6.07) is 19.0. The molecular formula is C28H26N4O2S. The van der Waals surface area contributed by atoms with Gasteiger partial charge < -0.3 is 10.1 Å². The van der Waals surface area contributed by atoms with Crippen LogP contribution >= 0.6 is 11.3 Å². The molecule has 0 amide bonds. The maximum absolute atomic E-state index is 13.5. The Morgan fingerprint density at radius 1 is 1.09 bits per heavy atom. The van der Waals surface area contributed by atoms with E-state index in [9.17, 15) is 4.79 Å². The van der Waals surface area contributed by atoms with Crippen LogP contribution in [0.3, 0.4) is 0 Å². The second-order valence-corrected chi connectivity index (χ2v) is 10.2. The lowest BCUT2D eigenvalue weighted by molar-refractivity contribution is 0.397. The number of hydrogen-bond donors (Lipinski definition) is 1. The van der Waals surface area contributed by atoms with E-state index in [1.165, 1.54) is 21.2 Å². The van der Waals surface area contributed by atoms with Crippen molar-refractivity contribution in [2.24, 2.45) is 0 Å². The maximum Gasteiger partial charge on any atom is 0.262 e. The number of methoxy groups -OCH3 is 1. The van der Waals surface area contributed by atoms with Gasteiger partial charge in [0, 0.05) is 29.7 Å². The topological polar surface area (TPSA) is 69.0 Å². The predicted molar refractivity (Wildman–Crippen MR) is 140 cm³/mol. The van der Waals surface area contributed by atoms with Crippen LogP contribution in [0, 0.1) is 0 Å². The molecule has 7 heteroatoms. The third kappa shape index (κ3) is 4.33. The van der Waals surface area contributed by atoms with Crippen molar-refractivity contribution in [1.82, 2.24) is 19.9 Å². The Hall–Kier alpha value is -3.55. The van der Waals surface area contributed by atoms with Gasteiger partial charge in [-0.2, -0.15) is 0 Å². The van der Waals surface area contributed by atoms with Gasteiger partial charge in [0.15, 0.2) is 0 Å². The van der Waals surface area contributed by atoms with Gasteiger partial charge in [-0.05, 0) is 52.8 Å². The number of ether oxygens (including phenoxy) is 1. The Morgan fingerprint density at radius 2 is 1.94 bits per heavy atom. The SMILES string of the molecule is COc1ccc(CNC2CCc3c(sc4ncn(Cc5ccc6ccccc6c5)c(=O)c34)C2)cn1. The molecule has 0 radical (unpaired) electrons. The van der Waals surface area contributed by atoms with Crippen molar-refractivity contribution in [2.75, 3.05) is 7.11 Å². The predicted octanol–water partition coefficient (Wildman–Crippen LogP) is 4.71. The smallest absolute Gasteiger partial charge is 0.262 e. The number of rotatable bonds is 6. The van der Waals surface area contributed by atoms with E-state index in [1.807, 2.05) is 30.5 Å². The standard InChI is InChI=1S/C28H26N4O2S/c1-34-25-11-7-19(15-30-25)14-29-22-9-10-23-24(13-22)35-27-26(23)28(33)32(17-31-27)16-18-6-8-20-4-2-3-5-21(20)12-18/h2-8,11-12,15,17,22,29H,9-10,13-14,16H2,1H3. The van der Waals surface area contributed by atoms with E-state index >= 15 is 0 Å². The normalized spacial score (nSPS) is 15.4. The maximum atomic E-state index is 13.5. The highest BCUT2D eigenvalue weighted by molar-refractivity contribution is 7.18. The van der Waals surface area contributed by atoms with E-state index in [1.54, 1.807) is 29.3 Å². The number of nitrogens with one attached hydrogen (secondary N) is 1. The van der Waals surface area contributed by atoms with Gasteiger partial charge in [0.2, 0.25) is 5.88 Å². The van der Waals surface area contributed by atoms with Crippen molar-refractivity contribution in [2.45, 2.75) is 38.4 Å². The summed E-state index contributed by atoms with van der Waals surface area (Å²) in [4.78, 5) is 24.6. The first-order valence-corrected chi connectivity index (χ1v) is 12.7. The third-order valence-corrected chi connectivity index (χ3v) is 7.97. The fourth-order valence-electron chi connectivity index (χ4n) is 4.92. The monoisotopic (exact) mass is 482 g/mol. The van der Waals surface area contributed by atoms with Crippen LogP contribution in [0.4, 0.5) is 0 Å². The Morgan fingerprint density at radius 3 is 2.77 bits per heavy atom. The molecule has 0 bridgehead atoms. The molecule has 1 atom stereocenters. The molecule has 0 spiro atoms. The number of fused-ring (bicyclic) bond motifs is 4. The molecule has 6 rings (SSSR count). The number of pyridine rings is 1. The minimum atomic E-state index is 0.0661. The molecule has 0 aliphatic heterocycles. The fourth-order valence-corrected chi connectivity index (χ4v) is 6.18. The van der Waals surface area contributed by atoms with E-state index in [0.717, 1.165) is 47.2 Å². The molecular weight excluding hydrogens is 456 g/mol. The molecule has 3 heterocycles. The second-order valence-electron chi connectivity index (χ2n) is 9.07. The molecule has 1 unspecified atom stereocenters. The Kier molecular flexibility index (Phi) is 5.80. The molecule has 176 valence electrons. The van der Waals surface area contributed by atoms with Crippen LogP contribution in [-0.4, -0.2) is 27.7 Å². The van der Waals surface area contributed by atoms with Gasteiger partial charge in [-0.1, -0.05) is 42.5 Å². The largest absolute Gasteiger partial charge is 0.481 e. The second kappa shape index (κ2) is 9.24. The zero-order valence-electron chi connectivity index (χ0n) is 19.5. The lowest BCUT2D eigenvalue weighted by Crippen LogP contribution is -2.33. The Labute approximate surface area is 207 Å². The van der Waals surface area contributed by atoms with Gasteiger partial charge in [-0.3, -0.25) is 9.36 Å². The number of hydrogen-bond acceptors (Lipinski definition) is 6.